The second-order valence-corrected chi connectivity index (χ2v) is 9.38. The zero-order chi connectivity index (χ0) is 24.9. The molecule has 0 unspecified atom stereocenters. The lowest BCUT2D eigenvalue weighted by atomic mass is 10.1. The molecule has 0 spiro atoms. The Labute approximate surface area is 210 Å². The summed E-state index contributed by atoms with van der Waals surface area (Å²) < 4.78 is 18.8. The standard InChI is InChI=1S/C30H30FN3O2/c1-21-28(14-9-25-17-23(18-32-29(21)25)19-34-15-3-2-4-16-34)33-30(35)24-7-12-27(13-8-24)36-20-22-5-10-26(31)11-6-22/h5-14,17-18H,2-4,15-16,19-20H2,1H3,(H,33,35). The number of pyridine rings is 1. The van der Waals surface area contributed by atoms with Crippen LogP contribution in [0, 0.1) is 12.7 Å². The van der Waals surface area contributed by atoms with E-state index in [9.17, 15) is 9.18 Å². The largest absolute Gasteiger partial charge is 0.489 e. The van der Waals surface area contributed by atoms with Crippen molar-refractivity contribution < 1.29 is 13.9 Å². The van der Waals surface area contributed by atoms with Crippen LogP contribution in [0.25, 0.3) is 10.9 Å². The topological polar surface area (TPSA) is 54.5 Å². The summed E-state index contributed by atoms with van der Waals surface area (Å²) in [7, 11) is 0. The number of hydrogen-bond acceptors (Lipinski definition) is 4. The van der Waals surface area contributed by atoms with Gasteiger partial charge >= 0.3 is 0 Å². The van der Waals surface area contributed by atoms with Gasteiger partial charge in [0.15, 0.2) is 0 Å². The second kappa shape index (κ2) is 10.9. The number of carbonyl (C=O) groups excluding carboxylic acids is 1. The fourth-order valence-electron chi connectivity index (χ4n) is 4.64. The van der Waals surface area contributed by atoms with Crippen LogP contribution < -0.4 is 10.1 Å². The van der Waals surface area contributed by atoms with Gasteiger partial charge in [-0.05, 0) is 98.1 Å². The molecule has 184 valence electrons. The molecular formula is C30H30FN3O2. The van der Waals surface area contributed by atoms with Crippen molar-refractivity contribution in [3.05, 3.63) is 101 Å². The van der Waals surface area contributed by atoms with Crippen LogP contribution >= 0.6 is 0 Å². The molecule has 3 aromatic carbocycles. The predicted octanol–water partition coefficient (Wildman–Crippen LogP) is 6.50. The van der Waals surface area contributed by atoms with Gasteiger partial charge in [-0.15, -0.1) is 0 Å². The van der Waals surface area contributed by atoms with Gasteiger partial charge in [0.2, 0.25) is 0 Å². The number of rotatable bonds is 7. The number of halogens is 1. The van der Waals surface area contributed by atoms with Crippen molar-refractivity contribution in [3.8, 4) is 5.75 Å². The average molecular weight is 484 g/mol. The van der Waals surface area contributed by atoms with Crippen molar-refractivity contribution in [2.45, 2.75) is 39.3 Å². The van der Waals surface area contributed by atoms with Crippen molar-refractivity contribution in [1.29, 1.82) is 0 Å². The molecule has 0 aliphatic carbocycles. The summed E-state index contributed by atoms with van der Waals surface area (Å²) in [6, 6.07) is 19.4. The number of hydrogen-bond donors (Lipinski definition) is 1. The van der Waals surface area contributed by atoms with Crippen molar-refractivity contribution in [2.24, 2.45) is 0 Å². The summed E-state index contributed by atoms with van der Waals surface area (Å²) in [5.41, 5.74) is 5.23. The first-order valence-corrected chi connectivity index (χ1v) is 12.4. The monoisotopic (exact) mass is 483 g/mol. The Kier molecular flexibility index (Phi) is 7.23. The molecule has 1 amide bonds. The Bertz CT molecular complexity index is 1350. The number of benzene rings is 3. The van der Waals surface area contributed by atoms with Crippen LogP contribution in [0.15, 0.2) is 72.9 Å². The molecule has 2 heterocycles. The first kappa shape index (κ1) is 23.9. The van der Waals surface area contributed by atoms with Gasteiger partial charge in [-0.2, -0.15) is 0 Å². The maximum absolute atomic E-state index is 13.0. The minimum Gasteiger partial charge on any atom is -0.489 e. The number of aryl methyl sites for hydroxylation is 1. The van der Waals surface area contributed by atoms with Crippen LogP contribution in [-0.4, -0.2) is 28.9 Å². The van der Waals surface area contributed by atoms with Gasteiger partial charge in [0, 0.05) is 29.4 Å². The molecule has 1 aliphatic heterocycles. The summed E-state index contributed by atoms with van der Waals surface area (Å²) in [6.07, 6.45) is 5.83. The maximum Gasteiger partial charge on any atom is 0.255 e. The molecule has 0 bridgehead atoms. The predicted molar refractivity (Wildman–Crippen MR) is 141 cm³/mol. The second-order valence-electron chi connectivity index (χ2n) is 9.38. The van der Waals surface area contributed by atoms with E-state index in [1.807, 2.05) is 25.3 Å². The van der Waals surface area contributed by atoms with E-state index in [4.69, 9.17) is 9.72 Å². The number of piperidine rings is 1. The van der Waals surface area contributed by atoms with Gasteiger partial charge in [-0.1, -0.05) is 24.6 Å². The first-order valence-electron chi connectivity index (χ1n) is 12.4. The highest BCUT2D eigenvalue weighted by atomic mass is 19.1. The number of likely N-dealkylation sites (tertiary alicyclic amines) is 1. The molecule has 6 heteroatoms. The minimum absolute atomic E-state index is 0.191. The van der Waals surface area contributed by atoms with E-state index >= 15 is 0 Å². The third-order valence-corrected chi connectivity index (χ3v) is 6.70. The van der Waals surface area contributed by atoms with Crippen molar-refractivity contribution in [2.75, 3.05) is 18.4 Å². The SMILES string of the molecule is Cc1c(NC(=O)c2ccc(OCc3ccc(F)cc3)cc2)ccc2cc(CN3CCCCC3)cnc12. The minimum atomic E-state index is -0.274. The first-order chi connectivity index (χ1) is 17.5. The molecule has 1 aliphatic rings. The lowest BCUT2D eigenvalue weighted by Gasteiger charge is -2.26. The van der Waals surface area contributed by atoms with E-state index in [1.54, 1.807) is 36.4 Å². The van der Waals surface area contributed by atoms with Gasteiger partial charge in [-0.25, -0.2) is 4.39 Å². The number of ether oxygens (including phenoxy) is 1. The summed E-state index contributed by atoms with van der Waals surface area (Å²) >= 11 is 0. The smallest absolute Gasteiger partial charge is 0.255 e. The third-order valence-electron chi connectivity index (χ3n) is 6.70. The molecule has 0 saturated carbocycles. The Morgan fingerprint density at radius 1 is 0.972 bits per heavy atom. The number of amides is 1. The average Bonchev–Trinajstić information content (AvgIpc) is 2.91. The van der Waals surface area contributed by atoms with Crippen LogP contribution in [0.1, 0.15) is 46.3 Å². The van der Waals surface area contributed by atoms with Crippen molar-refractivity contribution >= 4 is 22.5 Å². The van der Waals surface area contributed by atoms with Crippen molar-refractivity contribution in [3.63, 3.8) is 0 Å². The van der Waals surface area contributed by atoms with E-state index < -0.39 is 0 Å². The highest BCUT2D eigenvalue weighted by Gasteiger charge is 2.13. The maximum atomic E-state index is 13.0. The Hall–Kier alpha value is -3.77. The van der Waals surface area contributed by atoms with E-state index in [0.29, 0.717) is 17.9 Å². The molecule has 0 radical (unpaired) electrons. The normalized spacial score (nSPS) is 14.1. The molecule has 5 rings (SSSR count). The van der Waals surface area contributed by atoms with Crippen LogP contribution in [-0.2, 0) is 13.2 Å². The summed E-state index contributed by atoms with van der Waals surface area (Å²) in [6.45, 7) is 5.56. The highest BCUT2D eigenvalue weighted by Crippen LogP contribution is 2.26. The molecule has 0 atom stereocenters. The zero-order valence-corrected chi connectivity index (χ0v) is 20.5. The highest BCUT2D eigenvalue weighted by molar-refractivity contribution is 6.06. The Balaban J connectivity index is 1.22. The summed E-state index contributed by atoms with van der Waals surface area (Å²) in [4.78, 5) is 20.1. The number of nitrogens with zero attached hydrogens (tertiary/aromatic N) is 2. The van der Waals surface area contributed by atoms with E-state index in [1.165, 1.54) is 37.0 Å². The van der Waals surface area contributed by atoms with Crippen molar-refractivity contribution in [1.82, 2.24) is 9.88 Å². The van der Waals surface area contributed by atoms with E-state index in [0.717, 1.165) is 47.4 Å². The van der Waals surface area contributed by atoms with Crippen LogP contribution in [0.4, 0.5) is 10.1 Å². The molecule has 1 saturated heterocycles. The Morgan fingerprint density at radius 3 is 2.47 bits per heavy atom. The Morgan fingerprint density at radius 2 is 1.72 bits per heavy atom. The number of aromatic nitrogens is 1. The van der Waals surface area contributed by atoms with Gasteiger partial charge in [0.1, 0.15) is 18.2 Å². The molecule has 5 nitrogen and oxygen atoms in total. The lowest BCUT2D eigenvalue weighted by molar-refractivity contribution is 0.102. The molecular weight excluding hydrogens is 453 g/mol. The molecule has 4 aromatic rings. The quantitative estimate of drug-likeness (QED) is 0.326. The molecule has 36 heavy (non-hydrogen) atoms. The number of carbonyl (C=O) groups is 1. The van der Waals surface area contributed by atoms with Crippen LogP contribution in [0.3, 0.4) is 0 Å². The van der Waals surface area contributed by atoms with Crippen LogP contribution in [0.2, 0.25) is 0 Å². The van der Waals surface area contributed by atoms with Gasteiger partial charge in [0.25, 0.3) is 5.91 Å². The molecule has 1 N–H and O–H groups in total. The van der Waals surface area contributed by atoms with Gasteiger partial charge < -0.3 is 10.1 Å². The number of fused-ring (bicyclic) bond motifs is 1. The lowest BCUT2D eigenvalue weighted by Crippen LogP contribution is -2.29. The molecule has 1 aromatic heterocycles. The van der Waals surface area contributed by atoms with Crippen LogP contribution in [0.5, 0.6) is 5.75 Å². The van der Waals surface area contributed by atoms with E-state index in [-0.39, 0.29) is 11.7 Å². The fourth-order valence-corrected chi connectivity index (χ4v) is 4.64. The summed E-state index contributed by atoms with van der Waals surface area (Å²) in [5.74, 6) is 0.177. The molecule has 1 fully saturated rings. The number of nitrogens with one attached hydrogen (secondary N) is 1. The summed E-state index contributed by atoms with van der Waals surface area (Å²) in [5, 5.41) is 4.10. The zero-order valence-electron chi connectivity index (χ0n) is 20.5. The van der Waals surface area contributed by atoms with E-state index in [2.05, 4.69) is 16.3 Å². The fraction of sp³-hybridized carbons (Fsp3) is 0.267. The third kappa shape index (κ3) is 5.71. The number of anilines is 1. The van der Waals surface area contributed by atoms with Gasteiger partial charge in [0.05, 0.1) is 5.52 Å². The van der Waals surface area contributed by atoms with Gasteiger partial charge in [-0.3, -0.25) is 14.7 Å².